The van der Waals surface area contributed by atoms with Crippen LogP contribution in [0.15, 0.2) is 24.3 Å². The first-order valence-corrected chi connectivity index (χ1v) is 7.33. The number of carboxylic acid groups (broad SMARTS) is 1. The first-order chi connectivity index (χ1) is 9.97. The Morgan fingerprint density at radius 3 is 2.71 bits per heavy atom. The van der Waals surface area contributed by atoms with Gasteiger partial charge in [-0.15, -0.1) is 11.3 Å². The largest absolute Gasteiger partial charge is 0.480 e. The molecule has 2 atom stereocenters. The fourth-order valence-electron chi connectivity index (χ4n) is 1.88. The van der Waals surface area contributed by atoms with Gasteiger partial charge in [-0.1, -0.05) is 12.1 Å². The summed E-state index contributed by atoms with van der Waals surface area (Å²) in [5, 5.41) is 21.3. The van der Waals surface area contributed by atoms with Gasteiger partial charge in [-0.3, -0.25) is 4.79 Å². The van der Waals surface area contributed by atoms with E-state index in [9.17, 15) is 14.7 Å². The van der Waals surface area contributed by atoms with Crippen molar-refractivity contribution in [3.8, 4) is 0 Å². The molecule has 0 spiro atoms. The summed E-state index contributed by atoms with van der Waals surface area (Å²) in [5.41, 5.74) is 0.894. The van der Waals surface area contributed by atoms with Crippen LogP contribution in [0.1, 0.15) is 18.4 Å². The highest BCUT2D eigenvalue weighted by Crippen LogP contribution is 2.22. The van der Waals surface area contributed by atoms with Crippen molar-refractivity contribution in [3.05, 3.63) is 29.3 Å². The molecule has 112 valence electrons. The minimum Gasteiger partial charge on any atom is -0.480 e. The molecule has 0 aliphatic heterocycles. The number of nitrogens with zero attached hydrogens (tertiary/aromatic N) is 1. The molecule has 0 fully saturated rings. The number of carbonyl (C=O) groups is 2. The highest BCUT2D eigenvalue weighted by molar-refractivity contribution is 7.18. The quantitative estimate of drug-likeness (QED) is 0.744. The zero-order valence-electron chi connectivity index (χ0n) is 11.4. The number of rotatable bonds is 6. The minimum absolute atomic E-state index is 0.135. The number of carboxylic acids is 1. The maximum Gasteiger partial charge on any atom is 0.328 e. The fraction of sp³-hybridized carbons (Fsp3) is 0.357. The van der Waals surface area contributed by atoms with E-state index in [-0.39, 0.29) is 6.42 Å². The van der Waals surface area contributed by atoms with Gasteiger partial charge in [-0.2, -0.15) is 0 Å². The molecule has 0 radical (unpaired) electrons. The Kier molecular flexibility index (Phi) is 4.87. The van der Waals surface area contributed by atoms with Crippen LogP contribution in [0.4, 0.5) is 0 Å². The lowest BCUT2D eigenvalue weighted by molar-refractivity contribution is -0.144. The van der Waals surface area contributed by atoms with E-state index in [4.69, 9.17) is 5.11 Å². The Bertz CT molecular complexity index is 620. The van der Waals surface area contributed by atoms with E-state index < -0.39 is 24.0 Å². The summed E-state index contributed by atoms with van der Waals surface area (Å²) in [6, 6.07) is 6.41. The average Bonchev–Trinajstić information content (AvgIpc) is 2.84. The highest BCUT2D eigenvalue weighted by Gasteiger charge is 2.24. The minimum atomic E-state index is -1.28. The summed E-state index contributed by atoms with van der Waals surface area (Å²) in [6.07, 6.45) is -0.568. The number of carbonyl (C=O) groups excluding carboxylic acids is 1. The lowest BCUT2D eigenvalue weighted by Gasteiger charge is -2.16. The van der Waals surface area contributed by atoms with Gasteiger partial charge in [-0.25, -0.2) is 9.78 Å². The van der Waals surface area contributed by atoms with Gasteiger partial charge >= 0.3 is 5.97 Å². The topological polar surface area (TPSA) is 99.5 Å². The number of benzene rings is 1. The molecule has 21 heavy (non-hydrogen) atoms. The normalized spacial score (nSPS) is 13.8. The van der Waals surface area contributed by atoms with Gasteiger partial charge in [0.15, 0.2) is 6.04 Å². The molecule has 1 amide bonds. The first-order valence-electron chi connectivity index (χ1n) is 6.52. The fourth-order valence-corrected chi connectivity index (χ4v) is 2.85. The van der Waals surface area contributed by atoms with Crippen molar-refractivity contribution in [2.24, 2.45) is 0 Å². The third-order valence-electron chi connectivity index (χ3n) is 2.97. The van der Waals surface area contributed by atoms with Crippen LogP contribution in [-0.4, -0.2) is 39.2 Å². The molecule has 6 nitrogen and oxygen atoms in total. The van der Waals surface area contributed by atoms with E-state index in [1.165, 1.54) is 18.3 Å². The number of thiazole rings is 1. The zero-order valence-corrected chi connectivity index (χ0v) is 12.3. The maximum absolute atomic E-state index is 11.7. The number of amides is 1. The van der Waals surface area contributed by atoms with Crippen LogP contribution in [0.5, 0.6) is 0 Å². The molecule has 1 aromatic heterocycles. The van der Waals surface area contributed by atoms with Crippen molar-refractivity contribution in [3.63, 3.8) is 0 Å². The predicted molar refractivity (Wildman–Crippen MR) is 79.2 cm³/mol. The van der Waals surface area contributed by atoms with Crippen LogP contribution in [-0.2, 0) is 16.0 Å². The molecule has 0 aliphatic carbocycles. The molecule has 2 rings (SSSR count). The number of aliphatic carboxylic acids is 1. The van der Waals surface area contributed by atoms with E-state index >= 15 is 0 Å². The molecule has 2 aromatic rings. The average molecular weight is 308 g/mol. The first kappa shape index (κ1) is 15.4. The standard InChI is InChI=1S/C14H16N2O4S/c1-8(17)13(14(19)20)16-11(18)6-7-12-15-9-4-2-3-5-10(9)21-12/h2-5,8,13,17H,6-7H2,1H3,(H,16,18)(H,19,20)/t8-,13+/m1/s1. The third-order valence-corrected chi connectivity index (χ3v) is 4.07. The summed E-state index contributed by atoms with van der Waals surface area (Å²) in [4.78, 5) is 27.0. The van der Waals surface area contributed by atoms with Crippen LogP contribution in [0, 0.1) is 0 Å². The SMILES string of the molecule is C[C@@H](O)[C@H](NC(=O)CCc1nc2ccccc2s1)C(=O)O. The van der Waals surface area contributed by atoms with Crippen LogP contribution in [0.25, 0.3) is 10.2 Å². The monoisotopic (exact) mass is 308 g/mol. The third kappa shape index (κ3) is 3.99. The molecule has 1 heterocycles. The summed E-state index contributed by atoms with van der Waals surface area (Å²) in [7, 11) is 0. The Labute approximate surface area is 125 Å². The number of fused-ring (bicyclic) bond motifs is 1. The van der Waals surface area contributed by atoms with Gasteiger partial charge in [0.05, 0.1) is 21.3 Å². The molecule has 3 N–H and O–H groups in total. The number of hydrogen-bond donors (Lipinski definition) is 3. The van der Waals surface area contributed by atoms with Gasteiger partial charge in [0.25, 0.3) is 0 Å². The smallest absolute Gasteiger partial charge is 0.328 e. The second kappa shape index (κ2) is 6.64. The molecule has 0 bridgehead atoms. The highest BCUT2D eigenvalue weighted by atomic mass is 32.1. The lowest BCUT2D eigenvalue weighted by atomic mass is 10.1. The van der Waals surface area contributed by atoms with Crippen molar-refractivity contribution in [2.75, 3.05) is 0 Å². The van der Waals surface area contributed by atoms with Gasteiger partial charge in [0.2, 0.25) is 5.91 Å². The zero-order chi connectivity index (χ0) is 15.4. The second-order valence-electron chi connectivity index (χ2n) is 4.70. The molecular formula is C14H16N2O4S. The van der Waals surface area contributed by atoms with Crippen molar-refractivity contribution in [2.45, 2.75) is 31.9 Å². The molecule has 0 saturated heterocycles. The molecule has 0 aliphatic rings. The summed E-state index contributed by atoms with van der Waals surface area (Å²) in [6.45, 7) is 1.33. The summed E-state index contributed by atoms with van der Waals surface area (Å²) in [5.74, 6) is -1.67. The van der Waals surface area contributed by atoms with Crippen molar-refractivity contribution >= 4 is 33.4 Å². The number of aryl methyl sites for hydroxylation is 1. The van der Waals surface area contributed by atoms with E-state index in [0.717, 1.165) is 15.2 Å². The second-order valence-corrected chi connectivity index (χ2v) is 5.81. The molecule has 0 saturated carbocycles. The van der Waals surface area contributed by atoms with Crippen LogP contribution in [0.3, 0.4) is 0 Å². The number of nitrogens with one attached hydrogen (secondary N) is 1. The van der Waals surface area contributed by atoms with Crippen molar-refractivity contribution in [1.29, 1.82) is 0 Å². The van der Waals surface area contributed by atoms with Crippen molar-refractivity contribution < 1.29 is 19.8 Å². The molecule has 0 unspecified atom stereocenters. The predicted octanol–water partition coefficient (Wildman–Crippen LogP) is 1.18. The number of aliphatic hydroxyl groups excluding tert-OH is 1. The van der Waals surface area contributed by atoms with E-state index in [1.54, 1.807) is 0 Å². The van der Waals surface area contributed by atoms with Gasteiger partial charge in [0, 0.05) is 12.8 Å². The summed E-state index contributed by atoms with van der Waals surface area (Å²) < 4.78 is 1.06. The Balaban J connectivity index is 1.93. The summed E-state index contributed by atoms with van der Waals surface area (Å²) >= 11 is 1.51. The number of aromatic nitrogens is 1. The van der Waals surface area contributed by atoms with Gasteiger partial charge in [-0.05, 0) is 19.1 Å². The van der Waals surface area contributed by atoms with E-state index in [1.807, 2.05) is 24.3 Å². The lowest BCUT2D eigenvalue weighted by Crippen LogP contribution is -2.47. The van der Waals surface area contributed by atoms with E-state index in [0.29, 0.717) is 6.42 Å². The molecule has 1 aromatic carbocycles. The number of para-hydroxylation sites is 1. The van der Waals surface area contributed by atoms with Crippen LogP contribution in [0.2, 0.25) is 0 Å². The molecule has 7 heteroatoms. The Morgan fingerprint density at radius 2 is 2.10 bits per heavy atom. The Hall–Kier alpha value is -1.99. The van der Waals surface area contributed by atoms with Gasteiger partial charge < -0.3 is 15.5 Å². The number of aliphatic hydroxyl groups is 1. The number of hydrogen-bond acceptors (Lipinski definition) is 5. The maximum atomic E-state index is 11.7. The molecular weight excluding hydrogens is 292 g/mol. The van der Waals surface area contributed by atoms with Crippen LogP contribution < -0.4 is 5.32 Å². The van der Waals surface area contributed by atoms with Crippen molar-refractivity contribution in [1.82, 2.24) is 10.3 Å². The van der Waals surface area contributed by atoms with E-state index in [2.05, 4.69) is 10.3 Å². The Morgan fingerprint density at radius 1 is 1.38 bits per heavy atom. The van der Waals surface area contributed by atoms with Gasteiger partial charge in [0.1, 0.15) is 0 Å². The van der Waals surface area contributed by atoms with Crippen LogP contribution >= 0.6 is 11.3 Å².